The van der Waals surface area contributed by atoms with Crippen LogP contribution in [0, 0.1) is 0 Å². The summed E-state index contributed by atoms with van der Waals surface area (Å²) in [5.74, 6) is 0.819. The maximum Gasteiger partial charge on any atom is 0.0646 e. The van der Waals surface area contributed by atoms with E-state index >= 15 is 0 Å². The molecule has 0 aliphatic heterocycles. The number of halogens is 2. The van der Waals surface area contributed by atoms with Crippen molar-refractivity contribution in [2.45, 2.75) is 10.6 Å². The average Bonchev–Trinajstić information content (AvgIpc) is 2.32. The smallest absolute Gasteiger partial charge is 0.0646 e. The first kappa shape index (κ1) is 12.6. The van der Waals surface area contributed by atoms with E-state index in [2.05, 4.69) is 0 Å². The van der Waals surface area contributed by atoms with Crippen molar-refractivity contribution in [3.63, 3.8) is 0 Å². The zero-order valence-electron chi connectivity index (χ0n) is 8.99. The number of anilines is 1. The van der Waals surface area contributed by atoms with Crippen LogP contribution in [0.4, 0.5) is 5.69 Å². The Morgan fingerprint density at radius 3 is 2.47 bits per heavy atom. The highest BCUT2D eigenvalue weighted by Gasteiger charge is 2.02. The fraction of sp³-hybridized carbons (Fsp3) is 0.0769. The minimum absolute atomic E-state index is 0.592. The molecule has 2 rings (SSSR count). The first-order valence-electron chi connectivity index (χ1n) is 5.08. The number of rotatable bonds is 3. The van der Waals surface area contributed by atoms with Gasteiger partial charge in [0.05, 0.1) is 10.7 Å². The molecule has 0 fully saturated rings. The van der Waals surface area contributed by atoms with Crippen molar-refractivity contribution in [3.8, 4) is 0 Å². The van der Waals surface area contributed by atoms with Gasteiger partial charge in [-0.3, -0.25) is 0 Å². The maximum atomic E-state index is 6.09. The Bertz CT molecular complexity index is 529. The molecule has 0 aliphatic rings. The summed E-state index contributed by atoms with van der Waals surface area (Å²) in [6.45, 7) is 0. The quantitative estimate of drug-likeness (QED) is 0.643. The zero-order chi connectivity index (χ0) is 12.3. The molecule has 2 aromatic rings. The third-order valence-electron chi connectivity index (χ3n) is 2.32. The van der Waals surface area contributed by atoms with Crippen molar-refractivity contribution in [1.82, 2.24) is 0 Å². The van der Waals surface area contributed by atoms with Crippen LogP contribution >= 0.6 is 35.0 Å². The summed E-state index contributed by atoms with van der Waals surface area (Å²) in [7, 11) is 0. The Kier molecular flexibility index (Phi) is 4.21. The summed E-state index contributed by atoms with van der Waals surface area (Å²) in [4.78, 5) is 1.09. The molecule has 88 valence electrons. The van der Waals surface area contributed by atoms with Gasteiger partial charge < -0.3 is 5.73 Å². The molecule has 0 aromatic heterocycles. The standard InChI is InChI=1S/C13H11Cl2NS/c14-11-4-2-1-3-9(11)8-17-10-5-6-13(16)12(15)7-10/h1-7H,8,16H2. The zero-order valence-corrected chi connectivity index (χ0v) is 11.3. The highest BCUT2D eigenvalue weighted by Crippen LogP contribution is 2.30. The highest BCUT2D eigenvalue weighted by molar-refractivity contribution is 7.98. The number of benzene rings is 2. The fourth-order valence-corrected chi connectivity index (χ4v) is 2.84. The minimum Gasteiger partial charge on any atom is -0.398 e. The molecule has 0 heterocycles. The van der Waals surface area contributed by atoms with Crippen LogP contribution in [0.25, 0.3) is 0 Å². The van der Waals surface area contributed by atoms with Crippen LogP contribution in [0.2, 0.25) is 10.0 Å². The Labute approximate surface area is 115 Å². The second-order valence-electron chi connectivity index (χ2n) is 3.56. The second-order valence-corrected chi connectivity index (χ2v) is 5.43. The SMILES string of the molecule is Nc1ccc(SCc2ccccc2Cl)cc1Cl. The molecule has 0 unspecified atom stereocenters. The Morgan fingerprint density at radius 1 is 1.00 bits per heavy atom. The van der Waals surface area contributed by atoms with Gasteiger partial charge in [-0.25, -0.2) is 0 Å². The Balaban J connectivity index is 2.08. The lowest BCUT2D eigenvalue weighted by Crippen LogP contribution is -1.86. The lowest BCUT2D eigenvalue weighted by Gasteiger charge is -2.05. The molecule has 0 saturated heterocycles. The first-order valence-corrected chi connectivity index (χ1v) is 6.82. The summed E-state index contributed by atoms with van der Waals surface area (Å²) in [6.07, 6.45) is 0. The van der Waals surface area contributed by atoms with Crippen molar-refractivity contribution in [1.29, 1.82) is 0 Å². The lowest BCUT2D eigenvalue weighted by molar-refractivity contribution is 1.38. The van der Waals surface area contributed by atoms with Gasteiger partial charge in [0.25, 0.3) is 0 Å². The summed E-state index contributed by atoms with van der Waals surface area (Å²) in [6, 6.07) is 13.5. The molecule has 4 heteroatoms. The lowest BCUT2D eigenvalue weighted by atomic mass is 10.2. The minimum atomic E-state index is 0.592. The van der Waals surface area contributed by atoms with Crippen molar-refractivity contribution < 1.29 is 0 Å². The van der Waals surface area contributed by atoms with E-state index in [4.69, 9.17) is 28.9 Å². The number of hydrogen-bond acceptors (Lipinski definition) is 2. The van der Waals surface area contributed by atoms with Crippen molar-refractivity contribution >= 4 is 40.7 Å². The number of nitrogens with two attached hydrogens (primary N) is 1. The van der Waals surface area contributed by atoms with Crippen molar-refractivity contribution in [2.75, 3.05) is 5.73 Å². The van der Waals surface area contributed by atoms with Gasteiger partial charge in [0, 0.05) is 15.7 Å². The van der Waals surface area contributed by atoms with Crippen LogP contribution in [0.1, 0.15) is 5.56 Å². The van der Waals surface area contributed by atoms with E-state index in [-0.39, 0.29) is 0 Å². The molecule has 0 spiro atoms. The van der Waals surface area contributed by atoms with Gasteiger partial charge in [0.15, 0.2) is 0 Å². The van der Waals surface area contributed by atoms with Gasteiger partial charge in [-0.05, 0) is 29.8 Å². The van der Waals surface area contributed by atoms with E-state index in [9.17, 15) is 0 Å². The molecular formula is C13H11Cl2NS. The summed E-state index contributed by atoms with van der Waals surface area (Å²) in [5.41, 5.74) is 7.38. The van der Waals surface area contributed by atoms with E-state index in [0.717, 1.165) is 21.2 Å². The predicted octanol–water partition coefficient (Wildman–Crippen LogP) is 4.87. The number of nitrogen functional groups attached to an aromatic ring is 1. The summed E-state index contributed by atoms with van der Waals surface area (Å²) < 4.78 is 0. The van der Waals surface area contributed by atoms with Gasteiger partial charge in [-0.15, -0.1) is 11.8 Å². The van der Waals surface area contributed by atoms with E-state index in [0.29, 0.717) is 10.7 Å². The summed E-state index contributed by atoms with van der Waals surface area (Å²) >= 11 is 13.7. The molecule has 0 amide bonds. The van der Waals surface area contributed by atoms with Gasteiger partial charge in [0.2, 0.25) is 0 Å². The third-order valence-corrected chi connectivity index (χ3v) is 4.06. The molecule has 2 N–H and O–H groups in total. The third kappa shape index (κ3) is 3.32. The first-order chi connectivity index (χ1) is 8.16. The van der Waals surface area contributed by atoms with E-state index in [1.54, 1.807) is 11.8 Å². The molecule has 0 aliphatic carbocycles. The summed E-state index contributed by atoms with van der Waals surface area (Å²) in [5, 5.41) is 1.38. The number of thioether (sulfide) groups is 1. The van der Waals surface area contributed by atoms with Gasteiger partial charge >= 0.3 is 0 Å². The van der Waals surface area contributed by atoms with E-state index < -0.39 is 0 Å². The van der Waals surface area contributed by atoms with Crippen molar-refractivity contribution in [3.05, 3.63) is 58.1 Å². The largest absolute Gasteiger partial charge is 0.398 e. The van der Waals surface area contributed by atoms with Gasteiger partial charge in [-0.1, -0.05) is 41.4 Å². The second kappa shape index (κ2) is 5.67. The van der Waals surface area contributed by atoms with Crippen LogP contribution in [-0.2, 0) is 5.75 Å². The molecule has 17 heavy (non-hydrogen) atoms. The van der Waals surface area contributed by atoms with Crippen LogP contribution < -0.4 is 5.73 Å². The monoisotopic (exact) mass is 283 g/mol. The van der Waals surface area contributed by atoms with E-state index in [1.807, 2.05) is 42.5 Å². The van der Waals surface area contributed by atoms with Crippen LogP contribution in [0.15, 0.2) is 47.4 Å². The Hall–Kier alpha value is -0.830. The molecule has 0 radical (unpaired) electrons. The molecule has 0 bridgehead atoms. The normalized spacial score (nSPS) is 10.5. The molecular weight excluding hydrogens is 273 g/mol. The predicted molar refractivity (Wildman–Crippen MR) is 76.9 cm³/mol. The van der Waals surface area contributed by atoms with Crippen molar-refractivity contribution in [2.24, 2.45) is 0 Å². The number of hydrogen-bond donors (Lipinski definition) is 1. The van der Waals surface area contributed by atoms with Crippen LogP contribution in [-0.4, -0.2) is 0 Å². The van der Waals surface area contributed by atoms with Crippen LogP contribution in [0.3, 0.4) is 0 Å². The average molecular weight is 284 g/mol. The van der Waals surface area contributed by atoms with E-state index in [1.165, 1.54) is 0 Å². The topological polar surface area (TPSA) is 26.0 Å². The Morgan fingerprint density at radius 2 is 1.76 bits per heavy atom. The molecule has 2 aromatic carbocycles. The highest BCUT2D eigenvalue weighted by atomic mass is 35.5. The van der Waals surface area contributed by atoms with Crippen LogP contribution in [0.5, 0.6) is 0 Å². The molecule has 1 nitrogen and oxygen atoms in total. The fourth-order valence-electron chi connectivity index (χ4n) is 1.37. The maximum absolute atomic E-state index is 6.09. The van der Waals surface area contributed by atoms with Gasteiger partial charge in [0.1, 0.15) is 0 Å². The molecule has 0 atom stereocenters. The van der Waals surface area contributed by atoms with Gasteiger partial charge in [-0.2, -0.15) is 0 Å². The molecule has 0 saturated carbocycles.